The van der Waals surface area contributed by atoms with Crippen LogP contribution >= 0.6 is 0 Å². The van der Waals surface area contributed by atoms with Crippen molar-refractivity contribution < 1.29 is 17.7 Å². The molecule has 0 aromatic heterocycles. The van der Waals surface area contributed by atoms with E-state index in [1.54, 1.807) is 12.3 Å². The summed E-state index contributed by atoms with van der Waals surface area (Å²) in [6.07, 6.45) is 1.91. The van der Waals surface area contributed by atoms with Crippen molar-refractivity contribution in [3.05, 3.63) is 105 Å². The maximum absolute atomic E-state index is 14.9. The molecule has 6 nitrogen and oxygen atoms in total. The molecule has 0 spiro atoms. The molecule has 0 saturated carbocycles. The number of hydrogen-bond acceptors (Lipinski definition) is 4. The molecule has 1 aliphatic carbocycles. The highest BCUT2D eigenvalue weighted by atomic mass is 32.2. The van der Waals surface area contributed by atoms with Crippen molar-refractivity contribution in [1.29, 1.82) is 0 Å². The van der Waals surface area contributed by atoms with Gasteiger partial charge in [0.1, 0.15) is 5.82 Å². The quantitative estimate of drug-likeness (QED) is 0.336. The number of fused-ring (bicyclic) bond motifs is 4. The Hall–Kier alpha value is -4.04. The second-order valence-electron chi connectivity index (χ2n) is 8.41. The minimum Gasteiger partial charge on any atom is -0.269 e. The highest BCUT2D eigenvalue weighted by Crippen LogP contribution is 2.35. The Morgan fingerprint density at radius 3 is 2.50 bits per heavy atom. The predicted octanol–water partition coefficient (Wildman–Crippen LogP) is 3.70. The minimum absolute atomic E-state index is 0.0400. The van der Waals surface area contributed by atoms with Crippen LogP contribution in [0.5, 0.6) is 0 Å². The molecule has 0 amide bonds. The molecule has 0 fully saturated rings. The molecule has 0 unspecified atom stereocenters. The van der Waals surface area contributed by atoms with Crippen LogP contribution in [0.25, 0.3) is 33.7 Å². The smallest absolute Gasteiger partial charge is 0.269 e. The van der Waals surface area contributed by atoms with Crippen LogP contribution < -0.4 is 10.4 Å². The minimum atomic E-state index is -3.98. The summed E-state index contributed by atoms with van der Waals surface area (Å²) >= 11 is 0. The Labute approximate surface area is 194 Å². The molecule has 8 heteroatoms. The average molecular weight is 472 g/mol. The Morgan fingerprint density at radius 1 is 0.971 bits per heavy atom. The standard InChI is InChI=1S/C26H17FN2O4S/c27-24-7-3-6-22-23(24)13-18-15-28(34(32,33)20-10-8-19(9-11-20)29(30)31)14-17-12-16-4-1-2-5-21(16)26(22)25(17)18/h1-12,14H,13,15H2. The van der Waals surface area contributed by atoms with Crippen molar-refractivity contribution in [3.8, 4) is 11.1 Å². The summed E-state index contributed by atoms with van der Waals surface area (Å²) in [6.45, 7) is 0.0748. The number of nitrogens with zero attached hydrogens (tertiary/aromatic N) is 2. The Morgan fingerprint density at radius 2 is 1.74 bits per heavy atom. The first-order chi connectivity index (χ1) is 16.3. The van der Waals surface area contributed by atoms with Crippen molar-refractivity contribution in [2.24, 2.45) is 0 Å². The van der Waals surface area contributed by atoms with E-state index in [-0.39, 0.29) is 22.9 Å². The van der Waals surface area contributed by atoms with E-state index < -0.39 is 14.9 Å². The van der Waals surface area contributed by atoms with Gasteiger partial charge in [-0.2, -0.15) is 0 Å². The topological polar surface area (TPSA) is 80.5 Å². The summed E-state index contributed by atoms with van der Waals surface area (Å²) in [4.78, 5) is 10.3. The van der Waals surface area contributed by atoms with Gasteiger partial charge in [-0.05, 0) is 74.2 Å². The van der Waals surface area contributed by atoms with Crippen LogP contribution in [-0.4, -0.2) is 24.2 Å². The van der Waals surface area contributed by atoms with E-state index in [0.29, 0.717) is 12.0 Å². The van der Waals surface area contributed by atoms with Crippen molar-refractivity contribution in [2.75, 3.05) is 6.54 Å². The van der Waals surface area contributed by atoms with E-state index in [2.05, 4.69) is 0 Å². The summed E-state index contributed by atoms with van der Waals surface area (Å²) in [5.41, 5.74) is 2.95. The van der Waals surface area contributed by atoms with E-state index in [0.717, 1.165) is 37.9 Å². The van der Waals surface area contributed by atoms with Gasteiger partial charge >= 0.3 is 0 Å². The summed E-state index contributed by atoms with van der Waals surface area (Å²) in [5, 5.41) is 14.6. The number of hydrogen-bond donors (Lipinski definition) is 0. The molecule has 168 valence electrons. The fourth-order valence-electron chi connectivity index (χ4n) is 4.96. The summed E-state index contributed by atoms with van der Waals surface area (Å²) < 4.78 is 43.0. The first kappa shape index (κ1) is 20.6. The summed E-state index contributed by atoms with van der Waals surface area (Å²) in [5.74, 6) is -0.315. The van der Waals surface area contributed by atoms with E-state index >= 15 is 0 Å². The molecule has 4 aromatic carbocycles. The summed E-state index contributed by atoms with van der Waals surface area (Å²) in [6, 6.07) is 19.6. The molecule has 0 atom stereocenters. The molecule has 1 heterocycles. The highest BCUT2D eigenvalue weighted by Gasteiger charge is 2.30. The SMILES string of the molecule is O=[N+]([O-])c1ccc(S(=O)(=O)N2C=c3cc4ccccc4c4c3=C(Cc3c(F)cccc3-4)C2)cc1. The lowest BCUT2D eigenvalue weighted by Gasteiger charge is -2.30. The van der Waals surface area contributed by atoms with Crippen molar-refractivity contribution in [1.82, 2.24) is 4.31 Å². The number of nitro groups is 1. The van der Waals surface area contributed by atoms with Crippen LogP contribution in [0.3, 0.4) is 0 Å². The molecule has 0 saturated heterocycles. The Balaban J connectivity index is 1.60. The monoisotopic (exact) mass is 472 g/mol. The van der Waals surface area contributed by atoms with Gasteiger partial charge in [0.05, 0.1) is 16.4 Å². The van der Waals surface area contributed by atoms with E-state index in [1.807, 2.05) is 36.4 Å². The van der Waals surface area contributed by atoms with Gasteiger partial charge in [0, 0.05) is 18.3 Å². The molecule has 0 N–H and O–H groups in total. The average Bonchev–Trinajstić information content (AvgIpc) is 2.84. The highest BCUT2D eigenvalue weighted by molar-refractivity contribution is 7.89. The van der Waals surface area contributed by atoms with Gasteiger partial charge in [0.25, 0.3) is 15.7 Å². The van der Waals surface area contributed by atoms with Gasteiger partial charge in [0.2, 0.25) is 0 Å². The van der Waals surface area contributed by atoms with Crippen LogP contribution in [0.2, 0.25) is 0 Å². The second kappa shape index (κ2) is 7.23. The lowest BCUT2D eigenvalue weighted by atomic mass is 9.82. The van der Waals surface area contributed by atoms with Gasteiger partial charge < -0.3 is 0 Å². The third-order valence-corrected chi connectivity index (χ3v) is 8.22. The maximum atomic E-state index is 14.9. The fourth-order valence-corrected chi connectivity index (χ4v) is 6.29. The third kappa shape index (κ3) is 2.95. The van der Waals surface area contributed by atoms with Gasteiger partial charge in [0.15, 0.2) is 0 Å². The second-order valence-corrected chi connectivity index (χ2v) is 10.3. The summed E-state index contributed by atoms with van der Waals surface area (Å²) in [7, 11) is -3.98. The van der Waals surface area contributed by atoms with E-state index in [4.69, 9.17) is 0 Å². The number of non-ortho nitro benzene ring substituents is 1. The fraction of sp³-hybridized carbons (Fsp3) is 0.0769. The maximum Gasteiger partial charge on any atom is 0.269 e. The van der Waals surface area contributed by atoms with Gasteiger partial charge in [-0.15, -0.1) is 0 Å². The molecule has 0 radical (unpaired) electrons. The molecular formula is C26H17FN2O4S. The molecule has 4 aromatic rings. The number of benzene rings is 4. The van der Waals surface area contributed by atoms with Crippen molar-refractivity contribution >= 4 is 38.3 Å². The van der Waals surface area contributed by atoms with Crippen molar-refractivity contribution in [2.45, 2.75) is 11.3 Å². The molecular weight excluding hydrogens is 455 g/mol. The van der Waals surface area contributed by atoms with E-state index in [9.17, 15) is 22.9 Å². The van der Waals surface area contributed by atoms with Crippen LogP contribution in [0.4, 0.5) is 10.1 Å². The molecule has 6 rings (SSSR count). The third-order valence-electron chi connectivity index (χ3n) is 6.50. The van der Waals surface area contributed by atoms with Gasteiger partial charge in [-0.1, -0.05) is 36.4 Å². The number of halogens is 1. The van der Waals surface area contributed by atoms with Gasteiger partial charge in [-0.3, -0.25) is 14.4 Å². The molecule has 2 aliphatic rings. The zero-order valence-electron chi connectivity index (χ0n) is 17.7. The zero-order valence-corrected chi connectivity index (χ0v) is 18.5. The zero-order chi connectivity index (χ0) is 23.6. The van der Waals surface area contributed by atoms with Crippen LogP contribution in [0.1, 0.15) is 5.56 Å². The normalized spacial score (nSPS) is 14.4. The number of nitro benzene ring substituents is 1. The lowest BCUT2D eigenvalue weighted by Crippen LogP contribution is -2.44. The molecule has 34 heavy (non-hydrogen) atoms. The first-order valence-electron chi connectivity index (χ1n) is 10.6. The molecule has 0 bridgehead atoms. The number of sulfonamides is 1. The van der Waals surface area contributed by atoms with Crippen LogP contribution in [-0.2, 0) is 16.4 Å². The first-order valence-corrected chi connectivity index (χ1v) is 12.1. The van der Waals surface area contributed by atoms with Gasteiger partial charge in [-0.25, -0.2) is 12.8 Å². The number of rotatable bonds is 3. The Kier molecular flexibility index (Phi) is 4.37. The van der Waals surface area contributed by atoms with E-state index in [1.165, 1.54) is 34.6 Å². The predicted molar refractivity (Wildman–Crippen MR) is 127 cm³/mol. The lowest BCUT2D eigenvalue weighted by molar-refractivity contribution is -0.384. The van der Waals surface area contributed by atoms with Crippen LogP contribution in [0, 0.1) is 15.9 Å². The van der Waals surface area contributed by atoms with Crippen LogP contribution in [0.15, 0.2) is 77.7 Å². The molecule has 1 aliphatic heterocycles. The van der Waals surface area contributed by atoms with Crippen molar-refractivity contribution in [3.63, 3.8) is 0 Å². The Bertz CT molecular complexity index is 1760. The largest absolute Gasteiger partial charge is 0.269 e.